The summed E-state index contributed by atoms with van der Waals surface area (Å²) in [5, 5.41) is 2.76. The van der Waals surface area contributed by atoms with Gasteiger partial charge >= 0.3 is 12.0 Å². The van der Waals surface area contributed by atoms with Crippen LogP contribution in [0.15, 0.2) is 0 Å². The maximum Gasteiger partial charge on any atom is 0.325 e. The van der Waals surface area contributed by atoms with Crippen molar-refractivity contribution in [2.24, 2.45) is 0 Å². The number of urea groups is 1. The Morgan fingerprint density at radius 1 is 1.17 bits per heavy atom. The lowest BCUT2D eigenvalue weighted by molar-refractivity contribution is -0.146. The van der Waals surface area contributed by atoms with Crippen molar-refractivity contribution in [2.75, 3.05) is 6.54 Å². The molecule has 3 rings (SSSR count). The van der Waals surface area contributed by atoms with E-state index in [2.05, 4.69) is 10.3 Å². The lowest BCUT2D eigenvalue weighted by atomic mass is 9.98. The highest BCUT2D eigenvalue weighted by molar-refractivity contribution is 6.07. The van der Waals surface area contributed by atoms with Gasteiger partial charge in [0.05, 0.1) is 12.1 Å². The summed E-state index contributed by atoms with van der Waals surface area (Å²) >= 11 is 0. The van der Waals surface area contributed by atoms with Crippen LogP contribution in [-0.2, 0) is 14.3 Å². The number of ketones is 2. The average Bonchev–Trinajstić information content (AvgIpc) is 3.31. The Bertz CT molecular complexity index is 925. The first-order valence-corrected chi connectivity index (χ1v) is 10.2. The fraction of sp³-hybridized carbons (Fsp3) is 0.571. The maximum atomic E-state index is 12.7. The number of nitrogens with one attached hydrogen (secondary N) is 2. The number of hydrogen-bond acceptors (Lipinski definition) is 6. The molecule has 1 spiro atoms. The first-order chi connectivity index (χ1) is 14.1. The quantitative estimate of drug-likeness (QED) is 0.398. The molecule has 2 N–H and O–H groups in total. The minimum absolute atomic E-state index is 0.0959. The predicted molar refractivity (Wildman–Crippen MR) is 106 cm³/mol. The Morgan fingerprint density at radius 2 is 1.80 bits per heavy atom. The van der Waals surface area contributed by atoms with Gasteiger partial charge < -0.3 is 15.0 Å². The third-order valence-electron chi connectivity index (χ3n) is 5.96. The summed E-state index contributed by atoms with van der Waals surface area (Å²) in [6.45, 7) is 6.14. The largest absolute Gasteiger partial charge is 0.454 e. The Labute approximate surface area is 174 Å². The highest BCUT2D eigenvalue weighted by Crippen LogP contribution is 2.35. The minimum atomic E-state index is -1.07. The Balaban J connectivity index is 1.58. The lowest BCUT2D eigenvalue weighted by Crippen LogP contribution is -2.44. The van der Waals surface area contributed by atoms with E-state index in [1.54, 1.807) is 13.8 Å². The SMILES string of the molecule is CC(=O)c1c(C)[nH]c(C(=O)[C@H](C)OC(=O)CCN2C(=O)NC3(CCCC3)C2=O)c1C. The van der Waals surface area contributed by atoms with Crippen LogP contribution in [0.2, 0.25) is 0 Å². The molecule has 9 heteroatoms. The summed E-state index contributed by atoms with van der Waals surface area (Å²) in [5.74, 6) is -1.58. The normalized spacial score (nSPS) is 18.6. The van der Waals surface area contributed by atoms with Gasteiger partial charge in [-0.05, 0) is 46.1 Å². The predicted octanol–water partition coefficient (Wildman–Crippen LogP) is 2.20. The molecular weight excluding hydrogens is 390 g/mol. The number of ether oxygens (including phenoxy) is 1. The molecule has 0 aromatic carbocycles. The number of esters is 1. The van der Waals surface area contributed by atoms with Crippen molar-refractivity contribution in [2.45, 2.75) is 71.4 Å². The second-order valence-corrected chi connectivity index (χ2v) is 8.10. The molecule has 1 saturated carbocycles. The monoisotopic (exact) mass is 417 g/mol. The fourth-order valence-electron chi connectivity index (χ4n) is 4.44. The number of nitrogens with zero attached hydrogens (tertiary/aromatic N) is 1. The van der Waals surface area contributed by atoms with Crippen LogP contribution in [0.1, 0.15) is 78.1 Å². The van der Waals surface area contributed by atoms with Crippen LogP contribution in [0.3, 0.4) is 0 Å². The van der Waals surface area contributed by atoms with Crippen LogP contribution in [0.5, 0.6) is 0 Å². The van der Waals surface area contributed by atoms with E-state index >= 15 is 0 Å². The first kappa shape index (κ1) is 21.7. The number of Topliss-reactive ketones (excluding diaryl/α,β-unsaturated/α-hetero) is 2. The number of carbonyl (C=O) groups is 5. The molecule has 162 valence electrons. The van der Waals surface area contributed by atoms with E-state index < -0.39 is 29.4 Å². The molecule has 30 heavy (non-hydrogen) atoms. The molecule has 2 fully saturated rings. The topological polar surface area (TPSA) is 126 Å². The summed E-state index contributed by atoms with van der Waals surface area (Å²) in [6, 6.07) is -0.493. The second kappa shape index (κ2) is 8.04. The number of amides is 3. The lowest BCUT2D eigenvalue weighted by Gasteiger charge is -2.20. The standard InChI is InChI=1S/C21H27N3O6/c1-11-16(13(3)25)12(2)22-17(11)18(27)14(4)30-15(26)7-10-24-19(28)21(23-20(24)29)8-5-6-9-21/h14,22H,5-10H2,1-4H3,(H,23,29)/t14-/m0/s1. The number of rotatable bonds is 7. The van der Waals surface area contributed by atoms with Gasteiger partial charge in [0.2, 0.25) is 5.78 Å². The number of aryl methyl sites for hydroxylation is 1. The van der Waals surface area contributed by atoms with Crippen LogP contribution < -0.4 is 5.32 Å². The van der Waals surface area contributed by atoms with Crippen molar-refractivity contribution in [1.29, 1.82) is 0 Å². The molecule has 0 unspecified atom stereocenters. The molecular formula is C21H27N3O6. The van der Waals surface area contributed by atoms with Gasteiger partial charge in [0.1, 0.15) is 5.54 Å². The van der Waals surface area contributed by atoms with Gasteiger partial charge in [0.15, 0.2) is 11.9 Å². The third-order valence-corrected chi connectivity index (χ3v) is 5.96. The Morgan fingerprint density at radius 3 is 2.37 bits per heavy atom. The van der Waals surface area contributed by atoms with E-state index in [0.29, 0.717) is 29.7 Å². The Hall–Kier alpha value is -2.97. The van der Waals surface area contributed by atoms with Crippen LogP contribution in [-0.4, -0.2) is 57.5 Å². The van der Waals surface area contributed by atoms with Crippen molar-refractivity contribution < 1.29 is 28.7 Å². The van der Waals surface area contributed by atoms with Crippen molar-refractivity contribution in [1.82, 2.24) is 15.2 Å². The van der Waals surface area contributed by atoms with E-state index in [1.165, 1.54) is 13.8 Å². The van der Waals surface area contributed by atoms with Crippen molar-refractivity contribution >= 4 is 29.5 Å². The van der Waals surface area contributed by atoms with Gasteiger partial charge in [-0.3, -0.25) is 24.1 Å². The van der Waals surface area contributed by atoms with Gasteiger partial charge in [-0.15, -0.1) is 0 Å². The summed E-state index contributed by atoms with van der Waals surface area (Å²) in [4.78, 5) is 65.4. The van der Waals surface area contributed by atoms with E-state index in [0.717, 1.165) is 17.7 Å². The van der Waals surface area contributed by atoms with Crippen LogP contribution >= 0.6 is 0 Å². The van der Waals surface area contributed by atoms with Crippen molar-refractivity contribution in [3.05, 3.63) is 22.5 Å². The van der Waals surface area contributed by atoms with Crippen LogP contribution in [0, 0.1) is 13.8 Å². The van der Waals surface area contributed by atoms with Crippen molar-refractivity contribution in [3.63, 3.8) is 0 Å². The number of H-pyrrole nitrogens is 1. The third kappa shape index (κ3) is 3.76. The summed E-state index contributed by atoms with van der Waals surface area (Å²) in [7, 11) is 0. The number of aromatic nitrogens is 1. The average molecular weight is 417 g/mol. The number of hydrogen-bond donors (Lipinski definition) is 2. The molecule has 1 aromatic heterocycles. The van der Waals surface area contributed by atoms with Gasteiger partial charge in [-0.2, -0.15) is 0 Å². The number of carbonyl (C=O) groups excluding carboxylic acids is 5. The molecule has 1 saturated heterocycles. The van der Waals surface area contributed by atoms with E-state index in [9.17, 15) is 24.0 Å². The summed E-state index contributed by atoms with van der Waals surface area (Å²) < 4.78 is 5.22. The first-order valence-electron chi connectivity index (χ1n) is 10.2. The van der Waals surface area contributed by atoms with Gasteiger partial charge in [0, 0.05) is 17.8 Å². The Kier molecular flexibility index (Phi) is 5.83. The maximum absolute atomic E-state index is 12.7. The molecule has 1 atom stereocenters. The summed E-state index contributed by atoms with van der Waals surface area (Å²) in [5.41, 5.74) is 0.976. The molecule has 1 aliphatic carbocycles. The van der Waals surface area contributed by atoms with Crippen LogP contribution in [0.25, 0.3) is 0 Å². The zero-order valence-electron chi connectivity index (χ0n) is 17.7. The molecule has 1 aromatic rings. The zero-order chi connectivity index (χ0) is 22.2. The molecule has 2 heterocycles. The number of aromatic amines is 1. The molecule has 0 bridgehead atoms. The second-order valence-electron chi connectivity index (χ2n) is 8.10. The highest BCUT2D eigenvalue weighted by atomic mass is 16.5. The zero-order valence-corrected chi connectivity index (χ0v) is 17.7. The fourth-order valence-corrected chi connectivity index (χ4v) is 4.44. The van der Waals surface area contributed by atoms with E-state index in [-0.39, 0.29) is 30.3 Å². The van der Waals surface area contributed by atoms with E-state index in [4.69, 9.17) is 4.74 Å². The smallest absolute Gasteiger partial charge is 0.325 e. The molecule has 0 radical (unpaired) electrons. The molecule has 2 aliphatic rings. The van der Waals surface area contributed by atoms with Crippen LogP contribution in [0.4, 0.5) is 4.79 Å². The molecule has 9 nitrogen and oxygen atoms in total. The minimum Gasteiger partial charge on any atom is -0.454 e. The van der Waals surface area contributed by atoms with Gasteiger partial charge in [0.25, 0.3) is 5.91 Å². The highest BCUT2D eigenvalue weighted by Gasteiger charge is 2.52. The van der Waals surface area contributed by atoms with E-state index in [1.807, 2.05) is 0 Å². The molecule has 1 aliphatic heterocycles. The summed E-state index contributed by atoms with van der Waals surface area (Å²) in [6.07, 6.45) is 1.71. The van der Waals surface area contributed by atoms with Gasteiger partial charge in [-0.1, -0.05) is 12.8 Å². The molecule has 3 amide bonds. The number of imide groups is 1. The van der Waals surface area contributed by atoms with Gasteiger partial charge in [-0.25, -0.2) is 4.79 Å². The van der Waals surface area contributed by atoms with Crippen molar-refractivity contribution in [3.8, 4) is 0 Å².